The fourth-order valence-corrected chi connectivity index (χ4v) is 2.91. The van der Waals surface area contributed by atoms with E-state index in [1.807, 2.05) is 0 Å². The Labute approximate surface area is 110 Å². The fraction of sp³-hybridized carbons (Fsp3) is 1.00. The Morgan fingerprint density at radius 1 is 1.24 bits per heavy atom. The van der Waals surface area contributed by atoms with Crippen molar-refractivity contribution in [2.75, 3.05) is 26.7 Å². The van der Waals surface area contributed by atoms with Crippen molar-refractivity contribution >= 4 is 0 Å². The van der Waals surface area contributed by atoms with Crippen LogP contribution in [0.25, 0.3) is 0 Å². The van der Waals surface area contributed by atoms with Crippen LogP contribution in [0.5, 0.6) is 0 Å². The van der Waals surface area contributed by atoms with E-state index in [0.717, 1.165) is 24.4 Å². The van der Waals surface area contributed by atoms with Gasteiger partial charge in [-0.25, -0.2) is 0 Å². The summed E-state index contributed by atoms with van der Waals surface area (Å²) in [6.45, 7) is 10.5. The average molecular weight is 242 g/mol. The van der Waals surface area contributed by atoms with Gasteiger partial charge in [-0.1, -0.05) is 27.2 Å². The van der Waals surface area contributed by atoms with E-state index in [1.54, 1.807) is 0 Å². The van der Waals surface area contributed by atoms with Gasteiger partial charge in [0, 0.05) is 14.0 Å². The predicted molar refractivity (Wildman–Crippen MR) is 78.5 cm³/mol. The van der Waals surface area contributed by atoms with Gasteiger partial charge in [0.2, 0.25) is 0 Å². The lowest BCUT2D eigenvalue weighted by molar-refractivity contribution is 0.147. The highest BCUT2D eigenvalue weighted by Crippen LogP contribution is 2.27. The van der Waals surface area contributed by atoms with Crippen LogP contribution in [-0.4, -0.2) is 37.6 Å². The molecule has 1 unspecified atom stereocenters. The van der Waals surface area contributed by atoms with E-state index < -0.39 is 0 Å². The van der Waals surface area contributed by atoms with E-state index in [9.17, 15) is 0 Å². The normalized spacial score (nSPS) is 27.4. The molecule has 2 heteroatoms. The van der Waals surface area contributed by atoms with Gasteiger partial charge >= 0.3 is 0 Å². The van der Waals surface area contributed by atoms with Crippen molar-refractivity contribution in [1.82, 2.24) is 10.2 Å². The van der Waals surface area contributed by atoms with Gasteiger partial charge in [0.15, 0.2) is 0 Å². The standard InChI is InChI=1S/C15H32N2.H2/c1-5-13(3)12-17(4)15-9-7-14(8-10-15)11-16-6-2;/h13-16H,5-12H2,1-4H3;1H. The lowest BCUT2D eigenvalue weighted by Gasteiger charge is -2.36. The maximum Gasteiger partial charge on any atom is 0.00925 e. The SMILES string of the molecule is CCNCC1CCC(N(C)CC(C)CC)CC1.[HH]. The molecule has 0 saturated heterocycles. The van der Waals surface area contributed by atoms with E-state index in [2.05, 4.69) is 38.0 Å². The third-order valence-electron chi connectivity index (χ3n) is 4.42. The van der Waals surface area contributed by atoms with Crippen molar-refractivity contribution in [3.63, 3.8) is 0 Å². The van der Waals surface area contributed by atoms with Gasteiger partial charge in [-0.2, -0.15) is 0 Å². The number of nitrogens with zero attached hydrogens (tertiary/aromatic N) is 1. The van der Waals surface area contributed by atoms with Gasteiger partial charge in [-0.3, -0.25) is 0 Å². The molecule has 0 radical (unpaired) electrons. The Morgan fingerprint density at radius 3 is 2.41 bits per heavy atom. The third-order valence-corrected chi connectivity index (χ3v) is 4.42. The van der Waals surface area contributed by atoms with Gasteiger partial charge < -0.3 is 10.2 Å². The molecule has 0 aromatic heterocycles. The molecule has 1 N–H and O–H groups in total. The summed E-state index contributed by atoms with van der Waals surface area (Å²) in [5.74, 6) is 1.78. The molecular weight excluding hydrogens is 208 g/mol. The molecule has 1 aliphatic carbocycles. The molecule has 0 spiro atoms. The first-order valence-corrected chi connectivity index (χ1v) is 7.58. The molecule has 2 nitrogen and oxygen atoms in total. The zero-order chi connectivity index (χ0) is 12.7. The quantitative estimate of drug-likeness (QED) is 0.736. The monoisotopic (exact) mass is 242 g/mol. The van der Waals surface area contributed by atoms with Crippen molar-refractivity contribution in [2.24, 2.45) is 11.8 Å². The number of hydrogen-bond donors (Lipinski definition) is 1. The largest absolute Gasteiger partial charge is 0.317 e. The van der Waals surface area contributed by atoms with Gasteiger partial charge in [-0.05, 0) is 57.7 Å². The van der Waals surface area contributed by atoms with Crippen LogP contribution in [0, 0.1) is 11.8 Å². The Hall–Kier alpha value is -0.0800. The summed E-state index contributed by atoms with van der Waals surface area (Å²) in [4.78, 5) is 2.61. The molecule has 1 atom stereocenters. The van der Waals surface area contributed by atoms with Gasteiger partial charge in [0.05, 0.1) is 0 Å². The molecule has 1 aliphatic rings. The zero-order valence-corrected chi connectivity index (χ0v) is 12.3. The maximum atomic E-state index is 3.49. The highest BCUT2D eigenvalue weighted by atomic mass is 15.1. The first-order chi connectivity index (χ1) is 8.17. The Kier molecular flexibility index (Phi) is 7.14. The van der Waals surface area contributed by atoms with Gasteiger partial charge in [0.25, 0.3) is 0 Å². The summed E-state index contributed by atoms with van der Waals surface area (Å²) in [6.07, 6.45) is 6.96. The molecule has 104 valence electrons. The molecule has 0 aliphatic heterocycles. The second kappa shape index (κ2) is 8.10. The van der Waals surface area contributed by atoms with Crippen molar-refractivity contribution in [2.45, 2.75) is 58.9 Å². The van der Waals surface area contributed by atoms with E-state index >= 15 is 0 Å². The molecule has 0 heterocycles. The molecular formula is C15H34N2. The zero-order valence-electron chi connectivity index (χ0n) is 12.3. The lowest BCUT2D eigenvalue weighted by atomic mass is 9.85. The molecule has 1 rings (SSSR count). The minimum Gasteiger partial charge on any atom is -0.317 e. The summed E-state index contributed by atoms with van der Waals surface area (Å²) in [7, 11) is 2.32. The Bertz CT molecular complexity index is 191. The smallest absolute Gasteiger partial charge is 0.00925 e. The third kappa shape index (κ3) is 5.39. The molecule has 1 fully saturated rings. The van der Waals surface area contributed by atoms with E-state index in [1.165, 1.54) is 45.2 Å². The van der Waals surface area contributed by atoms with E-state index in [4.69, 9.17) is 0 Å². The summed E-state index contributed by atoms with van der Waals surface area (Å²) in [5.41, 5.74) is 0. The summed E-state index contributed by atoms with van der Waals surface area (Å²) in [5, 5.41) is 3.49. The molecule has 0 aromatic carbocycles. The molecule has 1 saturated carbocycles. The van der Waals surface area contributed by atoms with Crippen LogP contribution in [0.1, 0.15) is 54.3 Å². The molecule has 0 aromatic rings. The second-order valence-corrected chi connectivity index (χ2v) is 5.94. The number of hydrogen-bond acceptors (Lipinski definition) is 2. The Morgan fingerprint density at radius 2 is 1.88 bits per heavy atom. The minimum absolute atomic E-state index is 0. The molecule has 17 heavy (non-hydrogen) atoms. The van der Waals surface area contributed by atoms with Crippen LogP contribution >= 0.6 is 0 Å². The van der Waals surface area contributed by atoms with Crippen LogP contribution in [0.3, 0.4) is 0 Å². The summed E-state index contributed by atoms with van der Waals surface area (Å²) < 4.78 is 0. The second-order valence-electron chi connectivity index (χ2n) is 5.94. The van der Waals surface area contributed by atoms with Crippen LogP contribution in [0.4, 0.5) is 0 Å². The number of nitrogens with one attached hydrogen (secondary N) is 1. The average Bonchev–Trinajstić information content (AvgIpc) is 2.36. The van der Waals surface area contributed by atoms with Crippen molar-refractivity contribution in [3.05, 3.63) is 0 Å². The molecule has 0 amide bonds. The Balaban J connectivity index is 0.00000289. The topological polar surface area (TPSA) is 15.3 Å². The van der Waals surface area contributed by atoms with E-state index in [0.29, 0.717) is 0 Å². The first-order valence-electron chi connectivity index (χ1n) is 7.58. The maximum absolute atomic E-state index is 3.49. The summed E-state index contributed by atoms with van der Waals surface area (Å²) in [6, 6.07) is 0.849. The van der Waals surface area contributed by atoms with Crippen LogP contribution < -0.4 is 5.32 Å². The van der Waals surface area contributed by atoms with Crippen molar-refractivity contribution < 1.29 is 1.43 Å². The van der Waals surface area contributed by atoms with Gasteiger partial charge in [0.1, 0.15) is 0 Å². The van der Waals surface area contributed by atoms with Crippen molar-refractivity contribution in [1.29, 1.82) is 0 Å². The minimum atomic E-state index is 0. The molecule has 0 bridgehead atoms. The van der Waals surface area contributed by atoms with Crippen LogP contribution in [0.15, 0.2) is 0 Å². The highest BCUT2D eigenvalue weighted by Gasteiger charge is 2.24. The van der Waals surface area contributed by atoms with E-state index in [-0.39, 0.29) is 1.43 Å². The van der Waals surface area contributed by atoms with Gasteiger partial charge in [-0.15, -0.1) is 0 Å². The lowest BCUT2D eigenvalue weighted by Crippen LogP contribution is -2.39. The highest BCUT2D eigenvalue weighted by molar-refractivity contribution is 4.79. The summed E-state index contributed by atoms with van der Waals surface area (Å²) >= 11 is 0. The van der Waals surface area contributed by atoms with Crippen LogP contribution in [-0.2, 0) is 0 Å². The predicted octanol–water partition coefficient (Wildman–Crippen LogP) is 3.38. The fourth-order valence-electron chi connectivity index (χ4n) is 2.91. The number of rotatable bonds is 7. The van der Waals surface area contributed by atoms with Crippen molar-refractivity contribution in [3.8, 4) is 0 Å². The van der Waals surface area contributed by atoms with Crippen LogP contribution in [0.2, 0.25) is 0 Å². The first kappa shape index (κ1) is 15.0.